The van der Waals surface area contributed by atoms with Crippen LogP contribution in [-0.2, 0) is 0 Å². The second-order valence-electron chi connectivity index (χ2n) is 6.34. The fourth-order valence-corrected chi connectivity index (χ4v) is 2.88. The number of hydrogen-bond donors (Lipinski definition) is 1. The number of carbonyl (C=O) groups excluding carboxylic acids is 1. The minimum atomic E-state index is -0.208. The number of benzene rings is 3. The maximum Gasteiger partial charge on any atom is 0.259 e. The van der Waals surface area contributed by atoms with E-state index in [1.165, 1.54) is 0 Å². The van der Waals surface area contributed by atoms with Crippen LogP contribution in [-0.4, -0.2) is 5.91 Å². The Kier molecular flexibility index (Phi) is 4.93. The van der Waals surface area contributed by atoms with E-state index < -0.39 is 0 Å². The Morgan fingerprint density at radius 1 is 0.821 bits per heavy atom. The molecule has 0 atom stereocenters. The lowest BCUT2D eigenvalue weighted by molar-refractivity contribution is 0.102. The molecule has 0 aliphatic rings. The van der Waals surface area contributed by atoms with E-state index in [0.717, 1.165) is 11.3 Å². The van der Waals surface area contributed by atoms with Crippen LogP contribution in [0.25, 0.3) is 11.3 Å². The molecule has 4 rings (SSSR count). The maximum atomic E-state index is 12.7. The molecule has 0 fully saturated rings. The van der Waals surface area contributed by atoms with Gasteiger partial charge in [0.05, 0.1) is 5.56 Å². The number of rotatable bonds is 5. The van der Waals surface area contributed by atoms with Gasteiger partial charge in [-0.05, 0) is 49.4 Å². The number of hydrogen-bond acceptors (Lipinski definition) is 3. The summed E-state index contributed by atoms with van der Waals surface area (Å²) in [5, 5.41) is 2.90. The zero-order valence-corrected chi connectivity index (χ0v) is 15.4. The van der Waals surface area contributed by atoms with Crippen molar-refractivity contribution in [1.29, 1.82) is 0 Å². The largest absolute Gasteiger partial charge is 0.461 e. The normalized spacial score (nSPS) is 10.5. The fraction of sp³-hybridized carbons (Fsp3) is 0.0417. The summed E-state index contributed by atoms with van der Waals surface area (Å²) < 4.78 is 11.5. The van der Waals surface area contributed by atoms with Crippen LogP contribution >= 0.6 is 0 Å². The highest BCUT2D eigenvalue weighted by atomic mass is 16.5. The Hall–Kier alpha value is -3.79. The van der Waals surface area contributed by atoms with Crippen LogP contribution < -0.4 is 10.1 Å². The molecule has 0 unspecified atom stereocenters. The Bertz CT molecular complexity index is 1070. The zero-order chi connectivity index (χ0) is 19.3. The molecule has 0 spiro atoms. The molecule has 4 nitrogen and oxygen atoms in total. The summed E-state index contributed by atoms with van der Waals surface area (Å²) in [7, 11) is 0. The highest BCUT2D eigenvalue weighted by Crippen LogP contribution is 2.27. The maximum absolute atomic E-state index is 12.7. The molecule has 138 valence electrons. The third-order valence-electron chi connectivity index (χ3n) is 4.31. The van der Waals surface area contributed by atoms with Gasteiger partial charge in [0.2, 0.25) is 0 Å². The van der Waals surface area contributed by atoms with E-state index in [1.807, 2.05) is 84.9 Å². The number of anilines is 1. The number of carbonyl (C=O) groups is 1. The van der Waals surface area contributed by atoms with Gasteiger partial charge in [-0.2, -0.15) is 0 Å². The number of nitrogens with one attached hydrogen (secondary N) is 1. The van der Waals surface area contributed by atoms with Gasteiger partial charge >= 0.3 is 0 Å². The van der Waals surface area contributed by atoms with Crippen LogP contribution in [0.5, 0.6) is 11.5 Å². The lowest BCUT2D eigenvalue weighted by atomic mass is 10.1. The Labute approximate surface area is 163 Å². The number of para-hydroxylation sites is 1. The summed E-state index contributed by atoms with van der Waals surface area (Å²) in [6.07, 6.45) is 0. The van der Waals surface area contributed by atoms with E-state index in [2.05, 4.69) is 5.32 Å². The van der Waals surface area contributed by atoms with Gasteiger partial charge in [-0.25, -0.2) is 0 Å². The van der Waals surface area contributed by atoms with Crippen molar-refractivity contribution in [3.8, 4) is 22.8 Å². The first-order valence-corrected chi connectivity index (χ1v) is 8.99. The summed E-state index contributed by atoms with van der Waals surface area (Å²) in [5.41, 5.74) is 2.14. The van der Waals surface area contributed by atoms with E-state index in [0.29, 0.717) is 28.5 Å². The van der Waals surface area contributed by atoms with Gasteiger partial charge in [0, 0.05) is 11.3 Å². The van der Waals surface area contributed by atoms with Crippen molar-refractivity contribution in [2.75, 3.05) is 5.32 Å². The van der Waals surface area contributed by atoms with Crippen LogP contribution in [0.3, 0.4) is 0 Å². The molecule has 0 saturated carbocycles. The van der Waals surface area contributed by atoms with Gasteiger partial charge < -0.3 is 14.5 Å². The number of aryl methyl sites for hydroxylation is 1. The molecule has 1 N–H and O–H groups in total. The Balaban J connectivity index is 1.46. The Morgan fingerprint density at radius 2 is 1.43 bits per heavy atom. The molecule has 0 radical (unpaired) electrons. The average molecular weight is 369 g/mol. The number of ether oxygens (including phenoxy) is 1. The summed E-state index contributed by atoms with van der Waals surface area (Å²) in [6.45, 7) is 1.79. The summed E-state index contributed by atoms with van der Waals surface area (Å²) in [6, 6.07) is 28.3. The molecular formula is C24H19NO3. The first-order chi connectivity index (χ1) is 13.7. The SMILES string of the molecule is Cc1oc(-c2ccccc2)cc1C(=O)Nc1ccc(Oc2ccccc2)cc1. The third kappa shape index (κ3) is 3.96. The van der Waals surface area contributed by atoms with Gasteiger partial charge in [-0.3, -0.25) is 4.79 Å². The quantitative estimate of drug-likeness (QED) is 0.449. The second-order valence-corrected chi connectivity index (χ2v) is 6.34. The van der Waals surface area contributed by atoms with Crippen molar-refractivity contribution in [2.45, 2.75) is 6.92 Å². The molecule has 4 heteroatoms. The van der Waals surface area contributed by atoms with Crippen LogP contribution in [0.2, 0.25) is 0 Å². The minimum absolute atomic E-state index is 0.208. The molecule has 0 saturated heterocycles. The number of amides is 1. The molecule has 1 heterocycles. The van der Waals surface area contributed by atoms with Crippen molar-refractivity contribution >= 4 is 11.6 Å². The molecule has 0 aliphatic carbocycles. The highest BCUT2D eigenvalue weighted by Gasteiger charge is 2.16. The topological polar surface area (TPSA) is 51.5 Å². The molecule has 1 aromatic heterocycles. The van der Waals surface area contributed by atoms with Gasteiger partial charge in [0.25, 0.3) is 5.91 Å². The molecule has 0 bridgehead atoms. The van der Waals surface area contributed by atoms with E-state index in [1.54, 1.807) is 13.0 Å². The first kappa shape index (κ1) is 17.6. The van der Waals surface area contributed by atoms with Crippen LogP contribution in [0.15, 0.2) is 95.4 Å². The smallest absolute Gasteiger partial charge is 0.259 e. The molecule has 1 amide bonds. The predicted molar refractivity (Wildman–Crippen MR) is 110 cm³/mol. The van der Waals surface area contributed by atoms with E-state index in [4.69, 9.17) is 9.15 Å². The lowest BCUT2D eigenvalue weighted by Gasteiger charge is -2.07. The van der Waals surface area contributed by atoms with Gasteiger partial charge in [0.15, 0.2) is 0 Å². The van der Waals surface area contributed by atoms with Crippen molar-refractivity contribution in [3.63, 3.8) is 0 Å². The molecular weight excluding hydrogens is 350 g/mol. The molecule has 0 aliphatic heterocycles. The summed E-state index contributed by atoms with van der Waals surface area (Å²) >= 11 is 0. The van der Waals surface area contributed by atoms with Crippen molar-refractivity contribution < 1.29 is 13.9 Å². The van der Waals surface area contributed by atoms with Crippen molar-refractivity contribution in [2.24, 2.45) is 0 Å². The summed E-state index contributed by atoms with van der Waals surface area (Å²) in [4.78, 5) is 12.7. The second kappa shape index (κ2) is 7.84. The van der Waals surface area contributed by atoms with Gasteiger partial charge in [0.1, 0.15) is 23.0 Å². The summed E-state index contributed by atoms with van der Waals surface area (Å²) in [5.74, 6) is 2.52. The highest BCUT2D eigenvalue weighted by molar-refractivity contribution is 6.05. The van der Waals surface area contributed by atoms with Crippen LogP contribution in [0.1, 0.15) is 16.1 Å². The Morgan fingerprint density at radius 3 is 2.11 bits per heavy atom. The molecule has 4 aromatic rings. The fourth-order valence-electron chi connectivity index (χ4n) is 2.88. The van der Waals surface area contributed by atoms with Gasteiger partial charge in [-0.1, -0.05) is 48.5 Å². The lowest BCUT2D eigenvalue weighted by Crippen LogP contribution is -2.11. The van der Waals surface area contributed by atoms with Gasteiger partial charge in [-0.15, -0.1) is 0 Å². The average Bonchev–Trinajstić information content (AvgIpc) is 3.13. The van der Waals surface area contributed by atoms with Crippen molar-refractivity contribution in [3.05, 3.63) is 102 Å². The van der Waals surface area contributed by atoms with Crippen LogP contribution in [0.4, 0.5) is 5.69 Å². The predicted octanol–water partition coefficient (Wildman–Crippen LogP) is 6.30. The van der Waals surface area contributed by atoms with Crippen LogP contribution in [0, 0.1) is 6.92 Å². The third-order valence-corrected chi connectivity index (χ3v) is 4.31. The van der Waals surface area contributed by atoms with Crippen molar-refractivity contribution in [1.82, 2.24) is 0 Å². The van der Waals surface area contributed by atoms with E-state index in [9.17, 15) is 4.79 Å². The monoisotopic (exact) mass is 369 g/mol. The molecule has 28 heavy (non-hydrogen) atoms. The van der Waals surface area contributed by atoms with E-state index >= 15 is 0 Å². The standard InChI is InChI=1S/C24H19NO3/c1-17-22(16-23(27-17)18-8-4-2-5-9-18)24(26)25-19-12-14-21(15-13-19)28-20-10-6-3-7-11-20/h2-16H,1H3,(H,25,26). The zero-order valence-electron chi connectivity index (χ0n) is 15.4. The number of furan rings is 1. The minimum Gasteiger partial charge on any atom is -0.461 e. The first-order valence-electron chi connectivity index (χ1n) is 8.99. The molecule has 3 aromatic carbocycles. The van der Waals surface area contributed by atoms with E-state index in [-0.39, 0.29) is 5.91 Å².